The maximum atomic E-state index is 13.9. The number of hydrogen-bond donors (Lipinski definition) is 1. The summed E-state index contributed by atoms with van der Waals surface area (Å²) in [7, 11) is 0. The van der Waals surface area contributed by atoms with E-state index in [-0.39, 0.29) is 11.7 Å². The lowest BCUT2D eigenvalue weighted by atomic mass is 10.0. The van der Waals surface area contributed by atoms with E-state index in [4.69, 9.17) is 4.74 Å². The van der Waals surface area contributed by atoms with E-state index >= 15 is 0 Å². The maximum Gasteiger partial charge on any atom is 0.151 e. The number of rotatable bonds is 1. The van der Waals surface area contributed by atoms with Crippen molar-refractivity contribution < 1.29 is 14.2 Å². The van der Waals surface area contributed by atoms with Gasteiger partial charge in [-0.05, 0) is 12.8 Å². The van der Waals surface area contributed by atoms with Crippen LogP contribution in [0.1, 0.15) is 63.1 Å². The van der Waals surface area contributed by atoms with Gasteiger partial charge in [0.05, 0.1) is 12.3 Å². The van der Waals surface area contributed by atoms with E-state index in [9.17, 15) is 9.50 Å². The van der Waals surface area contributed by atoms with Crippen molar-refractivity contribution in [3.63, 3.8) is 0 Å². The van der Waals surface area contributed by atoms with Gasteiger partial charge in [0, 0.05) is 12.0 Å². The summed E-state index contributed by atoms with van der Waals surface area (Å²) in [4.78, 5) is 4.20. The number of aliphatic hydroxyl groups is 1. The zero-order valence-electron chi connectivity index (χ0n) is 11.7. The fraction of sp³-hybridized carbons (Fsp3) is 0.643. The molecule has 0 fully saturated rings. The smallest absolute Gasteiger partial charge is 0.151 e. The summed E-state index contributed by atoms with van der Waals surface area (Å²) in [5.74, 6) is 0.0987. The summed E-state index contributed by atoms with van der Waals surface area (Å²) in [6.07, 6.45) is -0.122. The van der Waals surface area contributed by atoms with Crippen LogP contribution in [0.5, 0.6) is 5.75 Å². The molecular formula is C14H22FNO2. The summed E-state index contributed by atoms with van der Waals surface area (Å²) >= 11 is 0. The molecule has 0 aromatic carbocycles. The Hall–Kier alpha value is -1.16. The largest absolute Gasteiger partial charge is 0.491 e. The first kappa shape index (κ1) is 14.9. The Morgan fingerprint density at radius 3 is 2.56 bits per heavy atom. The first-order chi connectivity index (χ1) is 8.52. The third-order valence-electron chi connectivity index (χ3n) is 2.87. The van der Waals surface area contributed by atoms with Gasteiger partial charge in [-0.2, -0.15) is 0 Å². The molecule has 1 aliphatic rings. The Morgan fingerprint density at radius 2 is 2.00 bits per heavy atom. The standard InChI is InChI=1S/C12H16FNO2.C2H6/c1-6(2)10-9(13)7(3)12-11(14-10)8(15)4-5-16-12;1-2/h6,8,15H,4-5H2,1-3H3;1-2H3. The molecule has 0 radical (unpaired) electrons. The maximum absolute atomic E-state index is 13.9. The van der Waals surface area contributed by atoms with Crippen LogP contribution in [0.2, 0.25) is 0 Å². The lowest BCUT2D eigenvalue weighted by Crippen LogP contribution is -2.19. The molecule has 18 heavy (non-hydrogen) atoms. The van der Waals surface area contributed by atoms with E-state index in [0.717, 1.165) is 0 Å². The molecule has 0 spiro atoms. The van der Waals surface area contributed by atoms with E-state index in [1.54, 1.807) is 6.92 Å². The van der Waals surface area contributed by atoms with E-state index < -0.39 is 6.10 Å². The van der Waals surface area contributed by atoms with Crippen LogP contribution in [-0.2, 0) is 0 Å². The normalized spacial score (nSPS) is 17.7. The molecule has 1 atom stereocenters. The summed E-state index contributed by atoms with van der Waals surface area (Å²) in [6, 6.07) is 0. The molecule has 0 aliphatic carbocycles. The molecule has 0 saturated heterocycles. The van der Waals surface area contributed by atoms with Crippen molar-refractivity contribution in [3.05, 3.63) is 22.8 Å². The molecule has 3 nitrogen and oxygen atoms in total. The van der Waals surface area contributed by atoms with E-state index in [0.29, 0.717) is 35.7 Å². The molecule has 2 rings (SSSR count). The Kier molecular flexibility index (Phi) is 5.08. The number of nitrogens with zero attached hydrogens (tertiary/aromatic N) is 1. The minimum absolute atomic E-state index is 0.00173. The molecule has 1 N–H and O–H groups in total. The highest BCUT2D eigenvalue weighted by Crippen LogP contribution is 2.36. The van der Waals surface area contributed by atoms with Gasteiger partial charge in [0.15, 0.2) is 5.82 Å². The zero-order chi connectivity index (χ0) is 13.9. The van der Waals surface area contributed by atoms with Crippen LogP contribution < -0.4 is 4.74 Å². The molecule has 0 saturated carbocycles. The van der Waals surface area contributed by atoms with Gasteiger partial charge in [0.25, 0.3) is 0 Å². The number of halogens is 1. The predicted molar refractivity (Wildman–Crippen MR) is 69.4 cm³/mol. The van der Waals surface area contributed by atoms with Crippen LogP contribution in [0, 0.1) is 12.7 Å². The number of fused-ring (bicyclic) bond motifs is 1. The van der Waals surface area contributed by atoms with Crippen molar-refractivity contribution in [2.75, 3.05) is 6.61 Å². The number of pyridine rings is 1. The molecule has 1 aromatic rings. The summed E-state index contributed by atoms with van der Waals surface area (Å²) in [5.41, 5.74) is 1.34. The van der Waals surface area contributed by atoms with Crippen LogP contribution in [-0.4, -0.2) is 16.7 Å². The fourth-order valence-corrected chi connectivity index (χ4v) is 1.91. The summed E-state index contributed by atoms with van der Waals surface area (Å²) < 4.78 is 19.3. The van der Waals surface area contributed by atoms with Crippen molar-refractivity contribution in [2.24, 2.45) is 0 Å². The molecule has 1 unspecified atom stereocenters. The lowest BCUT2D eigenvalue weighted by molar-refractivity contribution is 0.109. The molecule has 2 heterocycles. The summed E-state index contributed by atoms with van der Waals surface area (Å²) in [5, 5.41) is 9.82. The first-order valence-corrected chi connectivity index (χ1v) is 6.53. The van der Waals surface area contributed by atoms with Crippen molar-refractivity contribution in [1.82, 2.24) is 4.98 Å². The molecule has 4 heteroatoms. The minimum atomic E-state index is -0.638. The number of aromatic nitrogens is 1. The zero-order valence-corrected chi connectivity index (χ0v) is 11.7. The van der Waals surface area contributed by atoms with E-state index in [1.165, 1.54) is 0 Å². The molecule has 0 amide bonds. The van der Waals surface area contributed by atoms with Crippen LogP contribution in [0.4, 0.5) is 4.39 Å². The third-order valence-corrected chi connectivity index (χ3v) is 2.87. The molecule has 102 valence electrons. The molecule has 1 aliphatic heterocycles. The monoisotopic (exact) mass is 255 g/mol. The Morgan fingerprint density at radius 1 is 1.39 bits per heavy atom. The fourth-order valence-electron chi connectivity index (χ4n) is 1.91. The van der Waals surface area contributed by atoms with Gasteiger partial charge in [-0.15, -0.1) is 0 Å². The van der Waals surface area contributed by atoms with Crippen molar-refractivity contribution in [1.29, 1.82) is 0 Å². The Labute approximate surface area is 108 Å². The molecule has 1 aromatic heterocycles. The van der Waals surface area contributed by atoms with Crippen LogP contribution in [0.15, 0.2) is 0 Å². The SMILES string of the molecule is CC.Cc1c(F)c(C(C)C)nc2c1OCCC2O. The van der Waals surface area contributed by atoms with Crippen LogP contribution in [0.3, 0.4) is 0 Å². The highest BCUT2D eigenvalue weighted by Gasteiger charge is 2.27. The van der Waals surface area contributed by atoms with Gasteiger partial charge in [0.1, 0.15) is 17.5 Å². The number of aliphatic hydroxyl groups excluding tert-OH is 1. The van der Waals surface area contributed by atoms with Crippen molar-refractivity contribution in [2.45, 2.75) is 53.1 Å². The van der Waals surface area contributed by atoms with Crippen LogP contribution in [0.25, 0.3) is 0 Å². The third kappa shape index (κ3) is 2.64. The van der Waals surface area contributed by atoms with E-state index in [1.807, 2.05) is 27.7 Å². The molecular weight excluding hydrogens is 233 g/mol. The summed E-state index contributed by atoms with van der Waals surface area (Å²) in [6.45, 7) is 9.84. The lowest BCUT2D eigenvalue weighted by Gasteiger charge is -2.24. The second kappa shape index (κ2) is 6.14. The topological polar surface area (TPSA) is 42.4 Å². The second-order valence-corrected chi connectivity index (χ2v) is 4.46. The first-order valence-electron chi connectivity index (χ1n) is 6.53. The van der Waals surface area contributed by atoms with Gasteiger partial charge in [0.2, 0.25) is 0 Å². The highest BCUT2D eigenvalue weighted by molar-refractivity contribution is 5.42. The van der Waals surface area contributed by atoms with Gasteiger partial charge in [-0.3, -0.25) is 0 Å². The van der Waals surface area contributed by atoms with Crippen molar-refractivity contribution in [3.8, 4) is 5.75 Å². The van der Waals surface area contributed by atoms with Gasteiger partial charge in [-0.1, -0.05) is 27.7 Å². The van der Waals surface area contributed by atoms with Crippen LogP contribution >= 0.6 is 0 Å². The number of ether oxygens (including phenoxy) is 1. The van der Waals surface area contributed by atoms with Gasteiger partial charge >= 0.3 is 0 Å². The van der Waals surface area contributed by atoms with Gasteiger partial charge in [-0.25, -0.2) is 9.37 Å². The quantitative estimate of drug-likeness (QED) is 0.835. The minimum Gasteiger partial charge on any atom is -0.491 e. The average molecular weight is 255 g/mol. The predicted octanol–water partition coefficient (Wildman–Crippen LogP) is 3.49. The molecule has 0 bridgehead atoms. The second-order valence-electron chi connectivity index (χ2n) is 4.46. The average Bonchev–Trinajstić information content (AvgIpc) is 2.36. The van der Waals surface area contributed by atoms with Crippen molar-refractivity contribution >= 4 is 0 Å². The van der Waals surface area contributed by atoms with E-state index in [2.05, 4.69) is 4.98 Å². The number of hydrogen-bond acceptors (Lipinski definition) is 3. The Balaban J connectivity index is 0.000000771. The highest BCUT2D eigenvalue weighted by atomic mass is 19.1. The Bertz CT molecular complexity index is 419. The van der Waals surface area contributed by atoms with Gasteiger partial charge < -0.3 is 9.84 Å².